The van der Waals surface area contributed by atoms with Crippen molar-refractivity contribution in [2.24, 2.45) is 0 Å². The lowest BCUT2D eigenvalue weighted by molar-refractivity contribution is 0.148. The second-order valence-electron chi connectivity index (χ2n) is 6.51. The predicted molar refractivity (Wildman–Crippen MR) is 104 cm³/mol. The summed E-state index contributed by atoms with van der Waals surface area (Å²) in [6.07, 6.45) is 0. The summed E-state index contributed by atoms with van der Waals surface area (Å²) in [4.78, 5) is 2.18. The summed E-state index contributed by atoms with van der Waals surface area (Å²) in [6.45, 7) is 1.61. The zero-order valence-corrected chi connectivity index (χ0v) is 16.5. The third kappa shape index (κ3) is 4.38. The zero-order chi connectivity index (χ0) is 18.7. The largest absolute Gasteiger partial charge is 0.497 e. The Hall–Kier alpha value is -1.60. The summed E-state index contributed by atoms with van der Waals surface area (Å²) in [5, 5.41) is 0.601. The van der Waals surface area contributed by atoms with Crippen LogP contribution in [-0.2, 0) is 15.8 Å². The molecule has 0 spiro atoms. The van der Waals surface area contributed by atoms with Crippen molar-refractivity contribution in [2.45, 2.75) is 11.8 Å². The molecule has 1 fully saturated rings. The van der Waals surface area contributed by atoms with Crippen molar-refractivity contribution in [3.63, 3.8) is 0 Å². The van der Waals surface area contributed by atoms with Crippen molar-refractivity contribution in [3.8, 4) is 5.75 Å². The van der Waals surface area contributed by atoms with Crippen LogP contribution in [-0.4, -0.2) is 51.4 Å². The van der Waals surface area contributed by atoms with Gasteiger partial charge in [0.15, 0.2) is 0 Å². The van der Waals surface area contributed by atoms with E-state index in [2.05, 4.69) is 4.90 Å². The molecule has 2 aromatic rings. The Kier molecular flexibility index (Phi) is 5.87. The molecule has 0 radical (unpaired) electrons. The fourth-order valence-corrected chi connectivity index (χ4v) is 4.84. The first-order valence-corrected chi connectivity index (χ1v) is 10.4. The highest BCUT2D eigenvalue weighted by molar-refractivity contribution is 7.88. The van der Waals surface area contributed by atoms with Crippen LogP contribution in [0.25, 0.3) is 0 Å². The number of piperazine rings is 1. The minimum absolute atomic E-state index is 0.00107. The molecule has 0 aromatic heterocycles. The highest BCUT2D eigenvalue weighted by Gasteiger charge is 2.32. The molecule has 0 amide bonds. The van der Waals surface area contributed by atoms with Gasteiger partial charge in [-0.15, -0.1) is 0 Å². The zero-order valence-electron chi connectivity index (χ0n) is 14.9. The van der Waals surface area contributed by atoms with Crippen LogP contribution < -0.4 is 4.74 Å². The number of rotatable bonds is 5. The van der Waals surface area contributed by atoms with E-state index in [-0.39, 0.29) is 11.8 Å². The number of likely N-dealkylation sites (N-methyl/N-ethyl adjacent to an activating group) is 1. The van der Waals surface area contributed by atoms with Gasteiger partial charge in [-0.2, -0.15) is 4.31 Å². The Labute approximate surface area is 160 Å². The average Bonchev–Trinajstić information content (AvgIpc) is 2.63. The van der Waals surface area contributed by atoms with E-state index in [9.17, 15) is 8.42 Å². The van der Waals surface area contributed by atoms with Gasteiger partial charge in [-0.05, 0) is 42.4 Å². The van der Waals surface area contributed by atoms with Crippen LogP contribution in [0.3, 0.4) is 0 Å². The van der Waals surface area contributed by atoms with E-state index in [4.69, 9.17) is 16.3 Å². The molecule has 1 saturated heterocycles. The quantitative estimate of drug-likeness (QED) is 0.781. The number of hydrogen-bond donors (Lipinski definition) is 0. The molecule has 1 unspecified atom stereocenters. The van der Waals surface area contributed by atoms with E-state index in [0.29, 0.717) is 24.7 Å². The molecule has 0 bridgehead atoms. The summed E-state index contributed by atoms with van der Waals surface area (Å²) in [5.74, 6) is 0.760. The first-order chi connectivity index (χ1) is 12.4. The first kappa shape index (κ1) is 19.2. The minimum Gasteiger partial charge on any atom is -0.497 e. The molecule has 1 aliphatic heterocycles. The Morgan fingerprint density at radius 2 is 1.88 bits per heavy atom. The number of hydrogen-bond acceptors (Lipinski definition) is 4. The fourth-order valence-electron chi connectivity index (χ4n) is 3.19. The predicted octanol–water partition coefficient (Wildman–Crippen LogP) is 3.17. The number of halogens is 1. The number of methoxy groups -OCH3 is 1. The van der Waals surface area contributed by atoms with Gasteiger partial charge in [-0.3, -0.25) is 4.90 Å². The summed E-state index contributed by atoms with van der Waals surface area (Å²) < 4.78 is 32.7. The smallest absolute Gasteiger partial charge is 0.218 e. The molecular formula is C19H23ClN2O3S. The Bertz CT molecular complexity index is 855. The maximum atomic E-state index is 12.9. The standard InChI is InChI=1S/C19H23ClN2O3S/c1-21-10-11-22(13-19(21)16-4-3-5-18(12-16)25-2)26(23,24)14-15-6-8-17(20)9-7-15/h3-9,12,19H,10-11,13-14H2,1-2H3. The highest BCUT2D eigenvalue weighted by atomic mass is 35.5. The molecule has 1 aliphatic rings. The number of ether oxygens (including phenoxy) is 1. The van der Waals surface area contributed by atoms with E-state index >= 15 is 0 Å². The van der Waals surface area contributed by atoms with Gasteiger partial charge in [-0.25, -0.2) is 8.42 Å². The molecule has 140 valence electrons. The molecular weight excluding hydrogens is 372 g/mol. The third-order valence-corrected chi connectivity index (χ3v) is 6.81. The molecule has 5 nitrogen and oxygen atoms in total. The van der Waals surface area contributed by atoms with Crippen molar-refractivity contribution in [1.82, 2.24) is 9.21 Å². The Balaban J connectivity index is 1.78. The van der Waals surface area contributed by atoms with Gasteiger partial charge in [0.1, 0.15) is 5.75 Å². The lowest BCUT2D eigenvalue weighted by Crippen LogP contribution is -2.49. The summed E-state index contributed by atoms with van der Waals surface area (Å²) in [6, 6.07) is 14.8. The van der Waals surface area contributed by atoms with Crippen molar-refractivity contribution >= 4 is 21.6 Å². The molecule has 26 heavy (non-hydrogen) atoms. The number of benzene rings is 2. The van der Waals surface area contributed by atoms with Crippen LogP contribution in [0, 0.1) is 0 Å². The molecule has 7 heteroatoms. The Morgan fingerprint density at radius 1 is 1.15 bits per heavy atom. The van der Waals surface area contributed by atoms with Crippen LogP contribution in [0.15, 0.2) is 48.5 Å². The minimum atomic E-state index is -3.40. The summed E-state index contributed by atoms with van der Waals surface area (Å²) in [7, 11) is 0.256. The molecule has 2 aromatic carbocycles. The lowest BCUT2D eigenvalue weighted by Gasteiger charge is -2.39. The van der Waals surface area contributed by atoms with E-state index in [1.165, 1.54) is 0 Å². The number of sulfonamides is 1. The second kappa shape index (κ2) is 7.96. The maximum Gasteiger partial charge on any atom is 0.218 e. The maximum absolute atomic E-state index is 12.9. The van der Waals surface area contributed by atoms with Crippen LogP contribution in [0.1, 0.15) is 17.2 Å². The van der Waals surface area contributed by atoms with Gasteiger partial charge < -0.3 is 4.74 Å². The van der Waals surface area contributed by atoms with Crippen LogP contribution in [0.5, 0.6) is 5.75 Å². The first-order valence-electron chi connectivity index (χ1n) is 8.45. The van der Waals surface area contributed by atoms with E-state index in [1.54, 1.807) is 35.7 Å². The molecule has 1 atom stereocenters. The fraction of sp³-hybridized carbons (Fsp3) is 0.368. The third-order valence-electron chi connectivity index (χ3n) is 4.75. The van der Waals surface area contributed by atoms with Gasteiger partial charge in [0, 0.05) is 30.7 Å². The molecule has 0 saturated carbocycles. The molecule has 0 N–H and O–H groups in total. The Morgan fingerprint density at radius 3 is 2.58 bits per heavy atom. The van der Waals surface area contributed by atoms with E-state index in [0.717, 1.165) is 16.9 Å². The van der Waals surface area contributed by atoms with Gasteiger partial charge in [0.05, 0.1) is 12.9 Å². The van der Waals surface area contributed by atoms with Gasteiger partial charge >= 0.3 is 0 Å². The SMILES string of the molecule is COc1cccc(C2CN(S(=O)(=O)Cc3ccc(Cl)cc3)CCN2C)c1. The average molecular weight is 395 g/mol. The van der Waals surface area contributed by atoms with Crippen LogP contribution in [0.4, 0.5) is 0 Å². The normalized spacial score (nSPS) is 19.4. The van der Waals surface area contributed by atoms with E-state index < -0.39 is 10.0 Å². The van der Waals surface area contributed by atoms with Crippen LogP contribution in [0.2, 0.25) is 5.02 Å². The molecule has 3 rings (SSSR count). The van der Waals surface area contributed by atoms with Crippen molar-refractivity contribution in [1.29, 1.82) is 0 Å². The van der Waals surface area contributed by atoms with Crippen molar-refractivity contribution < 1.29 is 13.2 Å². The summed E-state index contributed by atoms with van der Waals surface area (Å²) in [5.41, 5.74) is 1.80. The van der Waals surface area contributed by atoms with E-state index in [1.807, 2.05) is 31.3 Å². The molecule has 0 aliphatic carbocycles. The lowest BCUT2D eigenvalue weighted by atomic mass is 10.0. The topological polar surface area (TPSA) is 49.9 Å². The summed E-state index contributed by atoms with van der Waals surface area (Å²) >= 11 is 5.88. The van der Waals surface area contributed by atoms with Crippen LogP contribution >= 0.6 is 11.6 Å². The molecule has 1 heterocycles. The number of nitrogens with zero attached hydrogens (tertiary/aromatic N) is 2. The second-order valence-corrected chi connectivity index (χ2v) is 8.92. The monoisotopic (exact) mass is 394 g/mol. The van der Waals surface area contributed by atoms with Gasteiger partial charge in [-0.1, -0.05) is 35.9 Å². The van der Waals surface area contributed by atoms with Gasteiger partial charge in [0.25, 0.3) is 0 Å². The van der Waals surface area contributed by atoms with Crippen molar-refractivity contribution in [2.75, 3.05) is 33.8 Å². The van der Waals surface area contributed by atoms with Gasteiger partial charge in [0.2, 0.25) is 10.0 Å². The highest BCUT2D eigenvalue weighted by Crippen LogP contribution is 2.28. The van der Waals surface area contributed by atoms with Crippen molar-refractivity contribution in [3.05, 3.63) is 64.7 Å².